The summed E-state index contributed by atoms with van der Waals surface area (Å²) in [6, 6.07) is 7.05. The van der Waals surface area contributed by atoms with Gasteiger partial charge in [-0.05, 0) is 56.0 Å². The van der Waals surface area contributed by atoms with Crippen molar-refractivity contribution in [3.63, 3.8) is 0 Å². The minimum Gasteiger partial charge on any atom is -0.342 e. The summed E-state index contributed by atoms with van der Waals surface area (Å²) in [5.74, 6) is 0. The fourth-order valence-corrected chi connectivity index (χ4v) is 4.38. The van der Waals surface area contributed by atoms with E-state index in [1.807, 2.05) is 6.07 Å². The number of aryl methyl sites for hydroxylation is 1. The SMILES string of the molecule is CCCN1CCn2c3c(c4cc(Cl)ccc42)CCCC31. The van der Waals surface area contributed by atoms with E-state index in [0.717, 1.165) is 11.6 Å². The molecule has 1 aliphatic heterocycles. The predicted octanol–water partition coefficient (Wildman–Crippen LogP) is 4.40. The smallest absolute Gasteiger partial charge is 0.0504 e. The van der Waals surface area contributed by atoms with Crippen LogP contribution in [-0.2, 0) is 13.0 Å². The third-order valence-electron chi connectivity index (χ3n) is 4.96. The summed E-state index contributed by atoms with van der Waals surface area (Å²) >= 11 is 6.22. The lowest BCUT2D eigenvalue weighted by Crippen LogP contribution is -2.40. The van der Waals surface area contributed by atoms with Gasteiger partial charge in [0, 0.05) is 34.7 Å². The van der Waals surface area contributed by atoms with Gasteiger partial charge in [0.1, 0.15) is 0 Å². The number of halogens is 1. The van der Waals surface area contributed by atoms with Gasteiger partial charge in [-0.2, -0.15) is 0 Å². The molecule has 0 fully saturated rings. The van der Waals surface area contributed by atoms with Gasteiger partial charge in [0.05, 0.1) is 6.04 Å². The van der Waals surface area contributed by atoms with E-state index in [-0.39, 0.29) is 0 Å². The van der Waals surface area contributed by atoms with Crippen LogP contribution < -0.4 is 0 Å². The minimum absolute atomic E-state index is 0.638. The van der Waals surface area contributed by atoms with E-state index in [0.29, 0.717) is 6.04 Å². The van der Waals surface area contributed by atoms with E-state index in [4.69, 9.17) is 11.6 Å². The molecule has 2 heterocycles. The summed E-state index contributed by atoms with van der Waals surface area (Å²) in [7, 11) is 0. The van der Waals surface area contributed by atoms with Crippen LogP contribution in [0.15, 0.2) is 18.2 Å². The van der Waals surface area contributed by atoms with Crippen LogP contribution in [0.5, 0.6) is 0 Å². The van der Waals surface area contributed by atoms with Gasteiger partial charge < -0.3 is 4.57 Å². The van der Waals surface area contributed by atoms with Crippen molar-refractivity contribution >= 4 is 22.5 Å². The molecule has 106 valence electrons. The Morgan fingerprint density at radius 2 is 2.20 bits per heavy atom. The zero-order valence-electron chi connectivity index (χ0n) is 12.0. The van der Waals surface area contributed by atoms with Crippen molar-refractivity contribution < 1.29 is 0 Å². The van der Waals surface area contributed by atoms with Gasteiger partial charge in [-0.25, -0.2) is 0 Å². The standard InChI is InChI=1S/C17H21ClN2/c1-2-8-19-9-10-20-15-7-6-12(18)11-14(15)13-4-3-5-16(19)17(13)20/h6-7,11,16H,2-5,8-10H2,1H3. The van der Waals surface area contributed by atoms with Gasteiger partial charge in [0.25, 0.3) is 0 Å². The van der Waals surface area contributed by atoms with E-state index in [1.54, 1.807) is 11.3 Å². The predicted molar refractivity (Wildman–Crippen MR) is 84.5 cm³/mol. The molecule has 2 aromatic rings. The van der Waals surface area contributed by atoms with Crippen LogP contribution in [0.25, 0.3) is 10.9 Å². The zero-order chi connectivity index (χ0) is 13.7. The lowest BCUT2D eigenvalue weighted by atomic mass is 9.89. The van der Waals surface area contributed by atoms with Crippen molar-refractivity contribution in [1.82, 2.24) is 9.47 Å². The van der Waals surface area contributed by atoms with Crippen molar-refractivity contribution in [2.45, 2.75) is 45.2 Å². The van der Waals surface area contributed by atoms with E-state index >= 15 is 0 Å². The van der Waals surface area contributed by atoms with E-state index in [2.05, 4.69) is 28.5 Å². The summed E-state index contributed by atoms with van der Waals surface area (Å²) in [6.45, 7) is 5.83. The molecule has 1 unspecified atom stereocenters. The Morgan fingerprint density at radius 1 is 1.30 bits per heavy atom. The molecule has 0 radical (unpaired) electrons. The van der Waals surface area contributed by atoms with E-state index in [1.165, 1.54) is 49.7 Å². The van der Waals surface area contributed by atoms with Gasteiger partial charge in [0.15, 0.2) is 0 Å². The molecule has 0 bridgehead atoms. The fourth-order valence-electron chi connectivity index (χ4n) is 4.20. The van der Waals surface area contributed by atoms with Crippen molar-refractivity contribution in [3.8, 4) is 0 Å². The van der Waals surface area contributed by atoms with Crippen molar-refractivity contribution in [2.24, 2.45) is 0 Å². The molecule has 1 aliphatic carbocycles. The maximum absolute atomic E-state index is 6.22. The minimum atomic E-state index is 0.638. The molecule has 1 aromatic heterocycles. The Bertz CT molecular complexity index is 659. The van der Waals surface area contributed by atoms with Crippen LogP contribution in [0.3, 0.4) is 0 Å². The number of fused-ring (bicyclic) bond motifs is 3. The summed E-state index contributed by atoms with van der Waals surface area (Å²) in [6.07, 6.45) is 5.09. The molecular weight excluding hydrogens is 268 g/mol. The summed E-state index contributed by atoms with van der Waals surface area (Å²) in [5, 5.41) is 2.26. The number of benzene rings is 1. The van der Waals surface area contributed by atoms with Crippen LogP contribution in [0.2, 0.25) is 5.02 Å². The molecule has 2 aliphatic rings. The first-order valence-electron chi connectivity index (χ1n) is 7.84. The van der Waals surface area contributed by atoms with Crippen LogP contribution in [0.1, 0.15) is 43.5 Å². The highest BCUT2D eigenvalue weighted by atomic mass is 35.5. The van der Waals surface area contributed by atoms with Gasteiger partial charge in [0.2, 0.25) is 0 Å². The summed E-state index contributed by atoms with van der Waals surface area (Å²) in [4.78, 5) is 2.69. The molecule has 0 N–H and O–H groups in total. The second kappa shape index (κ2) is 4.78. The Kier molecular flexibility index (Phi) is 3.04. The second-order valence-corrected chi connectivity index (χ2v) is 6.56. The first kappa shape index (κ1) is 12.7. The molecule has 3 heteroatoms. The number of rotatable bonds is 2. The Balaban J connectivity index is 1.93. The van der Waals surface area contributed by atoms with Crippen molar-refractivity contribution in [2.75, 3.05) is 13.1 Å². The summed E-state index contributed by atoms with van der Waals surface area (Å²) in [5.41, 5.74) is 4.55. The van der Waals surface area contributed by atoms with Gasteiger partial charge in [-0.15, -0.1) is 0 Å². The fraction of sp³-hybridized carbons (Fsp3) is 0.529. The maximum atomic E-state index is 6.22. The molecule has 0 saturated heterocycles. The van der Waals surface area contributed by atoms with Gasteiger partial charge >= 0.3 is 0 Å². The number of nitrogens with zero attached hydrogens (tertiary/aromatic N) is 2. The third-order valence-corrected chi connectivity index (χ3v) is 5.19. The molecule has 1 atom stereocenters. The first-order chi connectivity index (χ1) is 9.79. The molecule has 2 nitrogen and oxygen atoms in total. The largest absolute Gasteiger partial charge is 0.342 e. The Hall–Kier alpha value is -0.990. The lowest BCUT2D eigenvalue weighted by molar-refractivity contribution is 0.141. The van der Waals surface area contributed by atoms with Crippen LogP contribution in [0.4, 0.5) is 0 Å². The average Bonchev–Trinajstić information content (AvgIpc) is 2.78. The molecular formula is C17H21ClN2. The number of hydrogen-bond donors (Lipinski definition) is 0. The van der Waals surface area contributed by atoms with Gasteiger partial charge in [-0.3, -0.25) is 4.90 Å². The van der Waals surface area contributed by atoms with Crippen LogP contribution >= 0.6 is 11.6 Å². The van der Waals surface area contributed by atoms with E-state index in [9.17, 15) is 0 Å². The highest BCUT2D eigenvalue weighted by Gasteiger charge is 2.34. The van der Waals surface area contributed by atoms with Gasteiger partial charge in [-0.1, -0.05) is 18.5 Å². The highest BCUT2D eigenvalue weighted by Crippen LogP contribution is 2.42. The van der Waals surface area contributed by atoms with Crippen molar-refractivity contribution in [3.05, 3.63) is 34.5 Å². The summed E-state index contributed by atoms with van der Waals surface area (Å²) < 4.78 is 2.57. The molecule has 0 saturated carbocycles. The maximum Gasteiger partial charge on any atom is 0.0504 e. The van der Waals surface area contributed by atoms with E-state index < -0.39 is 0 Å². The molecule has 0 spiro atoms. The monoisotopic (exact) mass is 288 g/mol. The topological polar surface area (TPSA) is 8.17 Å². The number of hydrogen-bond acceptors (Lipinski definition) is 1. The van der Waals surface area contributed by atoms with Crippen LogP contribution in [0, 0.1) is 0 Å². The highest BCUT2D eigenvalue weighted by molar-refractivity contribution is 6.31. The molecule has 1 aromatic carbocycles. The zero-order valence-corrected chi connectivity index (χ0v) is 12.8. The molecule has 0 amide bonds. The molecule has 4 rings (SSSR count). The average molecular weight is 289 g/mol. The number of aromatic nitrogens is 1. The second-order valence-electron chi connectivity index (χ2n) is 6.12. The normalized spacial score (nSPS) is 22.2. The first-order valence-corrected chi connectivity index (χ1v) is 8.22. The molecule has 20 heavy (non-hydrogen) atoms. The third kappa shape index (κ3) is 1.74. The Labute approximate surface area is 125 Å². The lowest BCUT2D eigenvalue weighted by Gasteiger charge is -2.39. The Morgan fingerprint density at radius 3 is 3.05 bits per heavy atom. The quantitative estimate of drug-likeness (QED) is 0.795. The van der Waals surface area contributed by atoms with Crippen molar-refractivity contribution in [1.29, 1.82) is 0 Å². The van der Waals surface area contributed by atoms with Crippen LogP contribution in [-0.4, -0.2) is 22.6 Å².